The van der Waals surface area contributed by atoms with Crippen molar-refractivity contribution < 1.29 is 22.4 Å². The predicted octanol–water partition coefficient (Wildman–Crippen LogP) is 6.73. The SMILES string of the molecule is CC12CCC(C/C1=N\N=C1/NC(=O)/C(=C/c3ccc(-c4cccc(C(F)(F)F)c4)o3)S1)C2(C)C. The third-order valence-electron chi connectivity index (χ3n) is 7.80. The second-order valence-corrected chi connectivity index (χ2v) is 10.8. The first kappa shape index (κ1) is 23.0. The minimum absolute atomic E-state index is 0.0294. The lowest BCUT2D eigenvalue weighted by molar-refractivity contribution is -0.137. The van der Waals surface area contributed by atoms with E-state index in [1.54, 1.807) is 24.3 Å². The van der Waals surface area contributed by atoms with Crippen molar-refractivity contribution in [1.29, 1.82) is 0 Å². The van der Waals surface area contributed by atoms with Gasteiger partial charge >= 0.3 is 6.18 Å². The van der Waals surface area contributed by atoms with Crippen molar-refractivity contribution in [3.05, 3.63) is 52.6 Å². The van der Waals surface area contributed by atoms with Crippen LogP contribution in [0.5, 0.6) is 0 Å². The summed E-state index contributed by atoms with van der Waals surface area (Å²) in [7, 11) is 0. The number of carbonyl (C=O) groups excluding carboxylic acids is 1. The van der Waals surface area contributed by atoms with Gasteiger partial charge in [0.25, 0.3) is 5.91 Å². The van der Waals surface area contributed by atoms with Gasteiger partial charge in [0.15, 0.2) is 5.17 Å². The van der Waals surface area contributed by atoms with Gasteiger partial charge in [0.1, 0.15) is 11.5 Å². The number of nitrogens with zero attached hydrogens (tertiary/aromatic N) is 2. The molecule has 0 spiro atoms. The van der Waals surface area contributed by atoms with Gasteiger partial charge in [0.05, 0.1) is 10.5 Å². The molecule has 2 unspecified atom stereocenters. The van der Waals surface area contributed by atoms with Gasteiger partial charge < -0.3 is 4.42 Å². The Morgan fingerprint density at radius 1 is 1.18 bits per heavy atom. The second kappa shape index (κ2) is 7.86. The van der Waals surface area contributed by atoms with Crippen LogP contribution in [-0.2, 0) is 11.0 Å². The highest BCUT2D eigenvalue weighted by Gasteiger charge is 2.60. The van der Waals surface area contributed by atoms with Gasteiger partial charge in [-0.2, -0.15) is 18.3 Å². The van der Waals surface area contributed by atoms with Crippen molar-refractivity contribution in [3.8, 4) is 11.3 Å². The van der Waals surface area contributed by atoms with E-state index >= 15 is 0 Å². The molecule has 2 aliphatic carbocycles. The topological polar surface area (TPSA) is 67.0 Å². The molecule has 34 heavy (non-hydrogen) atoms. The van der Waals surface area contributed by atoms with E-state index in [0.717, 1.165) is 42.4 Å². The molecule has 5 rings (SSSR count). The Kier molecular flexibility index (Phi) is 5.31. The summed E-state index contributed by atoms with van der Waals surface area (Å²) >= 11 is 1.16. The number of benzene rings is 1. The van der Waals surface area contributed by atoms with Crippen LogP contribution in [0, 0.1) is 16.7 Å². The highest BCUT2D eigenvalue weighted by atomic mass is 32.2. The van der Waals surface area contributed by atoms with E-state index in [-0.39, 0.29) is 22.5 Å². The molecule has 1 amide bonds. The summed E-state index contributed by atoms with van der Waals surface area (Å²) in [6.07, 6.45) is 0.367. The molecule has 2 atom stereocenters. The maximum atomic E-state index is 13.0. The lowest BCUT2D eigenvalue weighted by Crippen LogP contribution is -2.32. The standard InChI is InChI=1S/C25H24F3N3O2S/c1-23(2)15-9-10-24(23,3)20(12-15)30-31-22-29-21(32)19(34-22)13-17-7-8-18(33-17)14-5-4-6-16(11-14)25(26,27)28/h4-8,11,13,15H,9-10,12H2,1-3H3,(H,29,31,32)/b19-13-,30-20+. The van der Waals surface area contributed by atoms with Crippen molar-refractivity contribution >= 4 is 34.6 Å². The van der Waals surface area contributed by atoms with E-state index < -0.39 is 11.7 Å². The quantitative estimate of drug-likeness (QED) is 0.386. The number of fused-ring (bicyclic) bond motifs is 2. The molecule has 2 bridgehead atoms. The van der Waals surface area contributed by atoms with Crippen LogP contribution in [0.15, 0.2) is 55.9 Å². The number of amides is 1. The lowest BCUT2D eigenvalue weighted by atomic mass is 9.70. The van der Waals surface area contributed by atoms with Gasteiger partial charge in [0, 0.05) is 22.8 Å². The minimum atomic E-state index is -4.43. The number of thioether (sulfide) groups is 1. The molecule has 0 radical (unpaired) electrons. The normalized spacial score (nSPS) is 29.5. The van der Waals surface area contributed by atoms with Gasteiger partial charge in [-0.05, 0) is 66.6 Å². The number of halogens is 3. The van der Waals surface area contributed by atoms with Crippen molar-refractivity contribution in [2.24, 2.45) is 27.0 Å². The average Bonchev–Trinajstić information content (AvgIpc) is 3.48. The molecule has 1 N–H and O–H groups in total. The molecule has 5 nitrogen and oxygen atoms in total. The zero-order chi connectivity index (χ0) is 24.3. The summed E-state index contributed by atoms with van der Waals surface area (Å²) in [4.78, 5) is 12.8. The highest BCUT2D eigenvalue weighted by Crippen LogP contribution is 2.64. The van der Waals surface area contributed by atoms with Crippen LogP contribution in [0.1, 0.15) is 51.4 Å². The summed E-state index contributed by atoms with van der Waals surface area (Å²) in [6, 6.07) is 8.12. The molecule has 1 aromatic heterocycles. The largest absolute Gasteiger partial charge is 0.457 e. The van der Waals surface area contributed by atoms with E-state index in [1.807, 2.05) is 0 Å². The van der Waals surface area contributed by atoms with Crippen LogP contribution < -0.4 is 5.32 Å². The van der Waals surface area contributed by atoms with Gasteiger partial charge in [-0.3, -0.25) is 10.1 Å². The summed E-state index contributed by atoms with van der Waals surface area (Å²) in [5.74, 6) is 0.942. The molecular formula is C25H24F3N3O2S. The fourth-order valence-electron chi connectivity index (χ4n) is 5.22. The number of hydrogen-bond donors (Lipinski definition) is 1. The van der Waals surface area contributed by atoms with E-state index in [4.69, 9.17) is 4.42 Å². The molecule has 1 aromatic carbocycles. The van der Waals surface area contributed by atoms with E-state index in [2.05, 4.69) is 36.3 Å². The maximum absolute atomic E-state index is 13.0. The number of amidine groups is 1. The Hall–Kier alpha value is -2.81. The van der Waals surface area contributed by atoms with Crippen LogP contribution >= 0.6 is 11.8 Å². The lowest BCUT2D eigenvalue weighted by Gasteiger charge is -2.34. The first-order chi connectivity index (χ1) is 16.0. The van der Waals surface area contributed by atoms with Gasteiger partial charge in [-0.15, -0.1) is 5.10 Å². The van der Waals surface area contributed by atoms with Gasteiger partial charge in [-0.25, -0.2) is 0 Å². The zero-order valence-electron chi connectivity index (χ0n) is 19.0. The van der Waals surface area contributed by atoms with Crippen LogP contribution in [-0.4, -0.2) is 16.8 Å². The average molecular weight is 488 g/mol. The summed E-state index contributed by atoms with van der Waals surface area (Å²) < 4.78 is 44.7. The Balaban J connectivity index is 1.33. The molecular weight excluding hydrogens is 463 g/mol. The van der Waals surface area contributed by atoms with Crippen molar-refractivity contribution in [2.45, 2.75) is 46.2 Å². The summed E-state index contributed by atoms with van der Waals surface area (Å²) in [5.41, 5.74) is 0.873. The molecule has 3 aliphatic rings. The van der Waals surface area contributed by atoms with Crippen LogP contribution in [0.4, 0.5) is 13.2 Å². The van der Waals surface area contributed by atoms with E-state index in [9.17, 15) is 18.0 Å². The van der Waals surface area contributed by atoms with Crippen LogP contribution in [0.3, 0.4) is 0 Å². The molecule has 1 saturated heterocycles. The third-order valence-corrected chi connectivity index (χ3v) is 8.70. The fraction of sp³-hybridized carbons (Fsp3) is 0.400. The Morgan fingerprint density at radius 3 is 2.65 bits per heavy atom. The molecule has 1 aliphatic heterocycles. The van der Waals surface area contributed by atoms with E-state index in [0.29, 0.717) is 27.3 Å². The smallest absolute Gasteiger partial charge is 0.416 e. The van der Waals surface area contributed by atoms with Crippen LogP contribution in [0.25, 0.3) is 17.4 Å². The first-order valence-corrected chi connectivity index (χ1v) is 11.9. The number of rotatable bonds is 3. The van der Waals surface area contributed by atoms with Gasteiger partial charge in [0.2, 0.25) is 0 Å². The maximum Gasteiger partial charge on any atom is 0.416 e. The van der Waals surface area contributed by atoms with Gasteiger partial charge in [-0.1, -0.05) is 32.9 Å². The van der Waals surface area contributed by atoms with Crippen molar-refractivity contribution in [1.82, 2.24) is 5.32 Å². The van der Waals surface area contributed by atoms with Crippen molar-refractivity contribution in [3.63, 3.8) is 0 Å². The predicted molar refractivity (Wildman–Crippen MR) is 127 cm³/mol. The van der Waals surface area contributed by atoms with Crippen molar-refractivity contribution in [2.75, 3.05) is 0 Å². The molecule has 2 heterocycles. The zero-order valence-corrected chi connectivity index (χ0v) is 19.8. The van der Waals surface area contributed by atoms with E-state index in [1.165, 1.54) is 12.5 Å². The summed E-state index contributed by atoms with van der Waals surface area (Å²) in [5, 5.41) is 12.0. The number of hydrogen-bond acceptors (Lipinski definition) is 5. The molecule has 2 saturated carbocycles. The number of carbonyl (C=O) groups is 1. The molecule has 3 fully saturated rings. The Bertz CT molecular complexity index is 1260. The fourth-order valence-corrected chi connectivity index (χ4v) is 5.98. The summed E-state index contributed by atoms with van der Waals surface area (Å²) in [6.45, 7) is 6.85. The Labute approximate surface area is 199 Å². The number of furan rings is 1. The number of nitrogens with one attached hydrogen (secondary N) is 1. The third kappa shape index (κ3) is 3.79. The second-order valence-electron chi connectivity index (χ2n) is 9.79. The first-order valence-electron chi connectivity index (χ1n) is 11.1. The molecule has 2 aromatic rings. The Morgan fingerprint density at radius 2 is 1.97 bits per heavy atom. The monoisotopic (exact) mass is 487 g/mol. The molecule has 9 heteroatoms. The minimum Gasteiger partial charge on any atom is -0.457 e. The number of alkyl halides is 3. The van der Waals surface area contributed by atoms with Crippen LogP contribution in [0.2, 0.25) is 0 Å². The molecule has 178 valence electrons. The highest BCUT2D eigenvalue weighted by molar-refractivity contribution is 8.18.